The minimum Gasteiger partial charge on any atom is -0.115 e. The fourth-order valence-electron chi connectivity index (χ4n) is 2.15. The van der Waals surface area contributed by atoms with Gasteiger partial charge in [0.1, 0.15) is 0 Å². The van der Waals surface area contributed by atoms with Crippen molar-refractivity contribution in [1.82, 2.24) is 0 Å². The smallest absolute Gasteiger partial charge is 0.115 e. The van der Waals surface area contributed by atoms with Crippen LogP contribution in [0.25, 0.3) is 0 Å². The molecule has 0 atom stereocenters. The maximum atomic E-state index is 3.61. The molecule has 0 radical (unpaired) electrons. The van der Waals surface area contributed by atoms with Gasteiger partial charge >= 0.3 is 0 Å². The summed E-state index contributed by atoms with van der Waals surface area (Å²) >= 11 is 0. The maximum Gasteiger partial charge on any atom is 0.216 e. The topological polar surface area (TPSA) is 0 Å². The Kier molecular flexibility index (Phi) is 6.35. The predicted octanol–water partition coefficient (Wildman–Crippen LogP) is 4.30. The summed E-state index contributed by atoms with van der Waals surface area (Å²) in [6, 6.07) is 2.67. The Labute approximate surface area is 102 Å². The average molecular weight is 232 g/mol. The molecule has 1 rings (SSSR count). The van der Waals surface area contributed by atoms with Crippen molar-refractivity contribution in [2.75, 3.05) is 0 Å². The van der Waals surface area contributed by atoms with E-state index >= 15 is 0 Å². The summed E-state index contributed by atoms with van der Waals surface area (Å²) in [6.45, 7) is 4.40. The first kappa shape index (κ1) is 13.4. The molecule has 16 heavy (non-hydrogen) atoms. The van der Waals surface area contributed by atoms with Gasteiger partial charge in [-0.25, -0.2) is 0 Å². The van der Waals surface area contributed by atoms with Gasteiger partial charge < -0.3 is 0 Å². The molecule has 0 saturated carbocycles. The maximum absolute atomic E-state index is 3.61. The van der Waals surface area contributed by atoms with E-state index in [4.69, 9.17) is 0 Å². The summed E-state index contributed by atoms with van der Waals surface area (Å²) in [4.78, 5) is 0. The van der Waals surface area contributed by atoms with Gasteiger partial charge in [-0.2, -0.15) is 0 Å². The molecule has 1 heteroatoms. The molecular formula is C15H24Si. The first-order chi connectivity index (χ1) is 7.83. The van der Waals surface area contributed by atoms with Crippen LogP contribution in [0.2, 0.25) is 12.1 Å². The van der Waals surface area contributed by atoms with Crippen LogP contribution in [0.3, 0.4) is 0 Å². The minimum absolute atomic E-state index is 1.06. The Morgan fingerprint density at radius 3 is 1.75 bits per heavy atom. The largest absolute Gasteiger partial charge is 0.216 e. The summed E-state index contributed by atoms with van der Waals surface area (Å²) in [6.07, 6.45) is 8.62. The normalized spacial score (nSPS) is 17.9. The second kappa shape index (κ2) is 7.58. The standard InChI is InChI=1S/C15H24Si/c1-3-5-8-12-16(13-9-6-4-2)14-10-7-11-15-16/h3-7,10-11,14-15H2,1-2H3. The molecule has 1 aliphatic rings. The lowest BCUT2D eigenvalue weighted by Crippen LogP contribution is -2.33. The molecule has 0 bridgehead atoms. The van der Waals surface area contributed by atoms with Crippen molar-refractivity contribution in [3.05, 3.63) is 0 Å². The molecule has 0 aliphatic carbocycles. The van der Waals surface area contributed by atoms with E-state index in [9.17, 15) is 0 Å². The Morgan fingerprint density at radius 1 is 0.812 bits per heavy atom. The van der Waals surface area contributed by atoms with Gasteiger partial charge in [0.15, 0.2) is 0 Å². The van der Waals surface area contributed by atoms with Crippen LogP contribution in [0.4, 0.5) is 0 Å². The van der Waals surface area contributed by atoms with E-state index < -0.39 is 8.07 Å². The van der Waals surface area contributed by atoms with Crippen LogP contribution in [0.1, 0.15) is 58.8 Å². The molecule has 0 N–H and O–H groups in total. The van der Waals surface area contributed by atoms with Crippen LogP contribution < -0.4 is 0 Å². The fourth-order valence-corrected chi connectivity index (χ4v) is 5.60. The third-order valence-corrected chi connectivity index (χ3v) is 6.84. The summed E-state index contributed by atoms with van der Waals surface area (Å²) in [5.41, 5.74) is 7.22. The quantitative estimate of drug-likeness (QED) is 0.492. The van der Waals surface area contributed by atoms with Gasteiger partial charge in [0.05, 0.1) is 0 Å². The van der Waals surface area contributed by atoms with Crippen molar-refractivity contribution < 1.29 is 0 Å². The van der Waals surface area contributed by atoms with Crippen LogP contribution >= 0.6 is 0 Å². The van der Waals surface area contributed by atoms with Crippen molar-refractivity contribution in [2.24, 2.45) is 0 Å². The second-order valence-electron chi connectivity index (χ2n) is 4.75. The van der Waals surface area contributed by atoms with E-state index in [0.717, 1.165) is 12.8 Å². The Balaban J connectivity index is 2.69. The molecular weight excluding hydrogens is 208 g/mol. The molecule has 0 spiro atoms. The lowest BCUT2D eigenvalue weighted by Gasteiger charge is -2.24. The van der Waals surface area contributed by atoms with E-state index in [-0.39, 0.29) is 0 Å². The number of rotatable bonds is 2. The highest BCUT2D eigenvalue weighted by Gasteiger charge is 2.31. The zero-order chi connectivity index (χ0) is 11.7. The summed E-state index contributed by atoms with van der Waals surface area (Å²) < 4.78 is 0. The Hall–Kier alpha value is -0.663. The van der Waals surface area contributed by atoms with Gasteiger partial charge in [-0.3, -0.25) is 0 Å². The van der Waals surface area contributed by atoms with Crippen LogP contribution in [-0.2, 0) is 0 Å². The van der Waals surface area contributed by atoms with Gasteiger partial charge in [0, 0.05) is 12.8 Å². The second-order valence-corrected chi connectivity index (χ2v) is 8.41. The number of unbranched alkanes of at least 4 members (excludes halogenated alkanes) is 2. The highest BCUT2D eigenvalue weighted by molar-refractivity contribution is 6.94. The highest BCUT2D eigenvalue weighted by Crippen LogP contribution is 2.27. The zero-order valence-electron chi connectivity index (χ0n) is 10.9. The average Bonchev–Trinajstić information content (AvgIpc) is 2.31. The molecule has 0 aromatic carbocycles. The molecule has 0 aromatic rings. The van der Waals surface area contributed by atoms with Gasteiger partial charge in [-0.1, -0.05) is 33.1 Å². The minimum atomic E-state index is -1.48. The molecule has 88 valence electrons. The van der Waals surface area contributed by atoms with Gasteiger partial charge in [0.25, 0.3) is 0 Å². The molecule has 0 aromatic heterocycles. The van der Waals surface area contributed by atoms with Crippen molar-refractivity contribution >= 4 is 8.07 Å². The molecule has 1 heterocycles. The number of hydrogen-bond acceptors (Lipinski definition) is 0. The molecule has 1 aliphatic heterocycles. The van der Waals surface area contributed by atoms with E-state index in [1.165, 1.54) is 44.2 Å². The van der Waals surface area contributed by atoms with E-state index in [1.807, 2.05) is 0 Å². The highest BCUT2D eigenvalue weighted by atomic mass is 28.3. The SMILES string of the molecule is CCCC#C[Si]1(C#CCCC)CCCCC1. The predicted molar refractivity (Wildman–Crippen MR) is 74.6 cm³/mol. The van der Waals surface area contributed by atoms with Crippen LogP contribution in [0.15, 0.2) is 0 Å². The van der Waals surface area contributed by atoms with Crippen LogP contribution in [-0.4, -0.2) is 8.07 Å². The van der Waals surface area contributed by atoms with Crippen LogP contribution in [0.5, 0.6) is 0 Å². The monoisotopic (exact) mass is 232 g/mol. The van der Waals surface area contributed by atoms with Crippen molar-refractivity contribution in [3.63, 3.8) is 0 Å². The molecule has 0 unspecified atom stereocenters. The fraction of sp³-hybridized carbons (Fsp3) is 0.733. The third-order valence-electron chi connectivity index (χ3n) is 3.11. The number of hydrogen-bond donors (Lipinski definition) is 0. The zero-order valence-corrected chi connectivity index (χ0v) is 11.9. The van der Waals surface area contributed by atoms with Gasteiger partial charge in [-0.15, -0.1) is 22.9 Å². The van der Waals surface area contributed by atoms with Crippen molar-refractivity contribution in [1.29, 1.82) is 0 Å². The van der Waals surface area contributed by atoms with Crippen LogP contribution in [0, 0.1) is 22.9 Å². The Morgan fingerprint density at radius 2 is 1.31 bits per heavy atom. The molecule has 0 amide bonds. The summed E-state index contributed by atoms with van der Waals surface area (Å²) in [5.74, 6) is 6.76. The first-order valence-corrected chi connectivity index (χ1v) is 9.24. The van der Waals surface area contributed by atoms with Crippen molar-refractivity contribution in [3.8, 4) is 22.9 Å². The molecule has 0 nitrogen and oxygen atoms in total. The van der Waals surface area contributed by atoms with Gasteiger partial charge in [-0.05, 0) is 24.9 Å². The molecule has 1 fully saturated rings. The lowest BCUT2D eigenvalue weighted by atomic mass is 10.3. The van der Waals surface area contributed by atoms with Gasteiger partial charge in [0.2, 0.25) is 8.07 Å². The van der Waals surface area contributed by atoms with E-state index in [2.05, 4.69) is 36.8 Å². The lowest BCUT2D eigenvalue weighted by molar-refractivity contribution is 0.722. The van der Waals surface area contributed by atoms with E-state index in [1.54, 1.807) is 0 Å². The molecule has 1 saturated heterocycles. The summed E-state index contributed by atoms with van der Waals surface area (Å²) in [7, 11) is -1.48. The summed E-state index contributed by atoms with van der Waals surface area (Å²) in [5, 5.41) is 0. The first-order valence-electron chi connectivity index (χ1n) is 6.83. The van der Waals surface area contributed by atoms with E-state index in [0.29, 0.717) is 0 Å². The third kappa shape index (κ3) is 4.46. The Bertz CT molecular complexity index is 276. The van der Waals surface area contributed by atoms with Crippen molar-refractivity contribution in [2.45, 2.75) is 70.9 Å².